The van der Waals surface area contributed by atoms with Crippen molar-refractivity contribution in [3.05, 3.63) is 64.2 Å². The molecule has 1 aromatic carbocycles. The number of aromatic nitrogens is 2. The van der Waals surface area contributed by atoms with Crippen LogP contribution in [0.4, 0.5) is 4.39 Å². The molecule has 2 heterocycles. The fourth-order valence-corrected chi connectivity index (χ4v) is 2.99. The Balaban J connectivity index is 1.76. The van der Waals surface area contributed by atoms with Gasteiger partial charge in [-0.3, -0.25) is 5.10 Å². The molecule has 3 aromatic rings. The van der Waals surface area contributed by atoms with Crippen molar-refractivity contribution in [1.29, 1.82) is 0 Å². The van der Waals surface area contributed by atoms with Gasteiger partial charge in [-0.15, -0.1) is 0 Å². The summed E-state index contributed by atoms with van der Waals surface area (Å²) in [5.74, 6) is -0.280. The zero-order chi connectivity index (χ0) is 14.7. The van der Waals surface area contributed by atoms with E-state index in [1.807, 2.05) is 5.38 Å². The fourth-order valence-electron chi connectivity index (χ4n) is 2.29. The second-order valence-corrected chi connectivity index (χ2v) is 5.67. The highest BCUT2D eigenvalue weighted by Gasteiger charge is 2.16. The van der Waals surface area contributed by atoms with Crippen LogP contribution in [-0.4, -0.2) is 15.3 Å². The molecule has 5 heteroatoms. The lowest BCUT2D eigenvalue weighted by Gasteiger charge is -2.10. The van der Waals surface area contributed by atoms with Gasteiger partial charge in [0, 0.05) is 11.1 Å². The summed E-state index contributed by atoms with van der Waals surface area (Å²) in [6.07, 6.45) is 2.49. The number of H-pyrrole nitrogens is 1. The number of aromatic amines is 1. The SMILES string of the molecule is OC(CCc1ccsc1)c1cn[nH]c1-c1ccc(F)cc1. The first kappa shape index (κ1) is 14.0. The molecule has 0 aliphatic carbocycles. The van der Waals surface area contributed by atoms with Crippen LogP contribution >= 0.6 is 11.3 Å². The molecule has 0 amide bonds. The number of hydrogen-bond acceptors (Lipinski definition) is 3. The molecule has 1 atom stereocenters. The maximum Gasteiger partial charge on any atom is 0.123 e. The zero-order valence-electron chi connectivity index (χ0n) is 11.3. The van der Waals surface area contributed by atoms with E-state index >= 15 is 0 Å². The van der Waals surface area contributed by atoms with Gasteiger partial charge < -0.3 is 5.11 Å². The molecule has 0 radical (unpaired) electrons. The van der Waals surface area contributed by atoms with Crippen LogP contribution in [-0.2, 0) is 6.42 Å². The van der Waals surface area contributed by atoms with E-state index in [0.29, 0.717) is 6.42 Å². The summed E-state index contributed by atoms with van der Waals surface area (Å²) in [5.41, 5.74) is 3.54. The van der Waals surface area contributed by atoms with Gasteiger partial charge in [-0.25, -0.2) is 4.39 Å². The van der Waals surface area contributed by atoms with E-state index in [2.05, 4.69) is 21.6 Å². The molecular formula is C16H15FN2OS. The number of aliphatic hydroxyl groups excluding tert-OH is 1. The average molecular weight is 302 g/mol. The van der Waals surface area contributed by atoms with Crippen LogP contribution in [0.25, 0.3) is 11.3 Å². The fraction of sp³-hybridized carbons (Fsp3) is 0.188. The molecule has 3 rings (SSSR count). The van der Waals surface area contributed by atoms with E-state index in [0.717, 1.165) is 23.2 Å². The van der Waals surface area contributed by atoms with Gasteiger partial charge in [0.1, 0.15) is 5.82 Å². The van der Waals surface area contributed by atoms with Crippen molar-refractivity contribution < 1.29 is 9.50 Å². The first-order valence-electron chi connectivity index (χ1n) is 6.72. The predicted octanol–water partition coefficient (Wildman–Crippen LogP) is 3.94. The Morgan fingerprint density at radius 2 is 2.05 bits per heavy atom. The third-order valence-corrected chi connectivity index (χ3v) is 4.18. The van der Waals surface area contributed by atoms with Crippen molar-refractivity contribution in [2.24, 2.45) is 0 Å². The van der Waals surface area contributed by atoms with Crippen LogP contribution < -0.4 is 0 Å². The zero-order valence-corrected chi connectivity index (χ0v) is 12.1. The maximum atomic E-state index is 13.0. The highest BCUT2D eigenvalue weighted by Crippen LogP contribution is 2.28. The van der Waals surface area contributed by atoms with Crippen molar-refractivity contribution in [3.8, 4) is 11.3 Å². The number of aliphatic hydroxyl groups is 1. The molecule has 108 valence electrons. The van der Waals surface area contributed by atoms with Crippen molar-refractivity contribution in [2.75, 3.05) is 0 Å². The lowest BCUT2D eigenvalue weighted by Crippen LogP contribution is -2.00. The Hall–Kier alpha value is -1.98. The lowest BCUT2D eigenvalue weighted by atomic mass is 10.00. The molecule has 3 nitrogen and oxygen atoms in total. The third kappa shape index (κ3) is 3.20. The summed E-state index contributed by atoms with van der Waals surface area (Å²) < 4.78 is 13.0. The number of aryl methyl sites for hydroxylation is 1. The number of nitrogens with one attached hydrogen (secondary N) is 1. The van der Waals surface area contributed by atoms with Crippen LogP contribution in [0.2, 0.25) is 0 Å². The maximum absolute atomic E-state index is 13.0. The summed E-state index contributed by atoms with van der Waals surface area (Å²) in [6, 6.07) is 8.22. The van der Waals surface area contributed by atoms with E-state index in [1.54, 1.807) is 29.7 Å². The van der Waals surface area contributed by atoms with E-state index in [4.69, 9.17) is 0 Å². The normalized spacial score (nSPS) is 12.5. The van der Waals surface area contributed by atoms with Crippen LogP contribution in [0.5, 0.6) is 0 Å². The van der Waals surface area contributed by atoms with Crippen LogP contribution in [0, 0.1) is 5.82 Å². The Labute approximate surface area is 126 Å². The predicted molar refractivity (Wildman–Crippen MR) is 81.6 cm³/mol. The van der Waals surface area contributed by atoms with Crippen molar-refractivity contribution >= 4 is 11.3 Å². The third-order valence-electron chi connectivity index (χ3n) is 3.45. The van der Waals surface area contributed by atoms with Crippen molar-refractivity contribution in [1.82, 2.24) is 10.2 Å². The quantitative estimate of drug-likeness (QED) is 0.750. The number of thiophene rings is 1. The van der Waals surface area contributed by atoms with Crippen LogP contribution in [0.1, 0.15) is 23.7 Å². The smallest absolute Gasteiger partial charge is 0.123 e. The molecule has 2 N–H and O–H groups in total. The van der Waals surface area contributed by atoms with Gasteiger partial charge in [0.2, 0.25) is 0 Å². The van der Waals surface area contributed by atoms with Gasteiger partial charge in [0.25, 0.3) is 0 Å². The van der Waals surface area contributed by atoms with Gasteiger partial charge >= 0.3 is 0 Å². The van der Waals surface area contributed by atoms with Gasteiger partial charge in [-0.1, -0.05) is 0 Å². The standard InChI is InChI=1S/C16H15FN2OS/c17-13-4-2-12(3-5-13)16-14(9-18-19-16)15(20)6-1-11-7-8-21-10-11/h2-5,7-10,15,20H,1,6H2,(H,18,19). The van der Waals surface area contributed by atoms with Crippen molar-refractivity contribution in [2.45, 2.75) is 18.9 Å². The largest absolute Gasteiger partial charge is 0.388 e. The summed E-state index contributed by atoms with van der Waals surface area (Å²) in [4.78, 5) is 0. The first-order chi connectivity index (χ1) is 10.2. The minimum absolute atomic E-state index is 0.280. The molecule has 0 saturated carbocycles. The van der Waals surface area contributed by atoms with Gasteiger partial charge in [-0.2, -0.15) is 16.4 Å². The van der Waals surface area contributed by atoms with E-state index in [9.17, 15) is 9.50 Å². The highest BCUT2D eigenvalue weighted by molar-refractivity contribution is 7.07. The van der Waals surface area contributed by atoms with Gasteiger partial charge in [0.05, 0.1) is 18.0 Å². The van der Waals surface area contributed by atoms with Crippen LogP contribution in [0.3, 0.4) is 0 Å². The Kier molecular flexibility index (Phi) is 4.13. The number of hydrogen-bond donors (Lipinski definition) is 2. The molecule has 0 bridgehead atoms. The van der Waals surface area contributed by atoms with Gasteiger partial charge in [0.15, 0.2) is 0 Å². The minimum atomic E-state index is -0.594. The first-order valence-corrected chi connectivity index (χ1v) is 7.66. The Morgan fingerprint density at radius 1 is 1.24 bits per heavy atom. The molecular weight excluding hydrogens is 287 g/mol. The Bertz CT molecular complexity index is 691. The molecule has 1 unspecified atom stereocenters. The molecule has 0 spiro atoms. The highest BCUT2D eigenvalue weighted by atomic mass is 32.1. The molecule has 0 saturated heterocycles. The summed E-state index contributed by atoms with van der Waals surface area (Å²) >= 11 is 1.65. The van der Waals surface area contributed by atoms with Gasteiger partial charge in [-0.05, 0) is 59.5 Å². The summed E-state index contributed by atoms with van der Waals surface area (Å²) in [5, 5.41) is 21.4. The minimum Gasteiger partial charge on any atom is -0.388 e. The lowest BCUT2D eigenvalue weighted by molar-refractivity contribution is 0.168. The second kappa shape index (κ2) is 6.20. The van der Waals surface area contributed by atoms with Crippen molar-refractivity contribution in [3.63, 3.8) is 0 Å². The molecule has 2 aromatic heterocycles. The van der Waals surface area contributed by atoms with E-state index < -0.39 is 6.10 Å². The molecule has 21 heavy (non-hydrogen) atoms. The average Bonchev–Trinajstić information content (AvgIpc) is 3.17. The monoisotopic (exact) mass is 302 g/mol. The molecule has 0 aliphatic heterocycles. The summed E-state index contributed by atoms with van der Waals surface area (Å²) in [6.45, 7) is 0. The topological polar surface area (TPSA) is 48.9 Å². The number of nitrogens with zero attached hydrogens (tertiary/aromatic N) is 1. The van der Waals surface area contributed by atoms with E-state index in [-0.39, 0.29) is 5.82 Å². The van der Waals surface area contributed by atoms with E-state index in [1.165, 1.54) is 17.7 Å². The molecule has 0 aliphatic rings. The number of benzene rings is 1. The second-order valence-electron chi connectivity index (χ2n) is 4.89. The molecule has 0 fully saturated rings. The number of halogens is 1. The number of rotatable bonds is 5. The summed E-state index contributed by atoms with van der Waals surface area (Å²) in [7, 11) is 0. The van der Waals surface area contributed by atoms with Crippen LogP contribution in [0.15, 0.2) is 47.3 Å². The Morgan fingerprint density at radius 3 is 2.76 bits per heavy atom.